The monoisotopic (exact) mass is 414 g/mol. The normalized spacial score (nSPS) is 18.3. The Bertz CT molecular complexity index is 874. The summed E-state index contributed by atoms with van der Waals surface area (Å²) in [5.41, 5.74) is 1.24. The van der Waals surface area contributed by atoms with Crippen molar-refractivity contribution in [2.24, 2.45) is 11.8 Å². The highest BCUT2D eigenvalue weighted by atomic mass is 16.3. The molecule has 1 fully saturated rings. The molecule has 0 bridgehead atoms. The number of carbonyl (C=O) groups is 3. The topological polar surface area (TPSA) is 123 Å². The Balaban J connectivity index is 1.66. The third-order valence-electron chi connectivity index (χ3n) is 5.40. The predicted molar refractivity (Wildman–Crippen MR) is 114 cm³/mol. The average Bonchev–Trinajstić information content (AvgIpc) is 3.32. The van der Waals surface area contributed by atoms with Crippen molar-refractivity contribution >= 4 is 28.6 Å². The van der Waals surface area contributed by atoms with E-state index in [0.717, 1.165) is 10.9 Å². The molecular weight excluding hydrogens is 384 g/mol. The highest BCUT2D eigenvalue weighted by Crippen LogP contribution is 2.17. The summed E-state index contributed by atoms with van der Waals surface area (Å²) in [7, 11) is 0. The van der Waals surface area contributed by atoms with Crippen LogP contribution in [0.25, 0.3) is 10.9 Å². The predicted octanol–water partition coefficient (Wildman–Crippen LogP) is 1.32. The van der Waals surface area contributed by atoms with Crippen LogP contribution in [0, 0.1) is 11.8 Å². The van der Waals surface area contributed by atoms with Crippen LogP contribution in [0.5, 0.6) is 0 Å². The lowest BCUT2D eigenvalue weighted by Crippen LogP contribution is -2.51. The van der Waals surface area contributed by atoms with Gasteiger partial charge in [-0.3, -0.25) is 14.4 Å². The number of hydrogen-bond donors (Lipinski definition) is 5. The van der Waals surface area contributed by atoms with Crippen LogP contribution >= 0.6 is 0 Å². The van der Waals surface area contributed by atoms with Gasteiger partial charge in [0.05, 0.1) is 12.6 Å². The van der Waals surface area contributed by atoms with Crippen molar-refractivity contribution in [3.63, 3.8) is 0 Å². The van der Waals surface area contributed by atoms with Crippen LogP contribution in [0.15, 0.2) is 30.3 Å². The molecule has 1 aromatic carbocycles. The number of nitrogens with one attached hydrogen (secondary N) is 4. The molecule has 8 heteroatoms. The number of aliphatic hydroxyl groups excluding tert-OH is 1. The highest BCUT2D eigenvalue weighted by molar-refractivity contribution is 6.00. The van der Waals surface area contributed by atoms with Gasteiger partial charge in [-0.2, -0.15) is 0 Å². The zero-order chi connectivity index (χ0) is 21.7. The third-order valence-corrected chi connectivity index (χ3v) is 5.40. The molecule has 2 heterocycles. The molecule has 30 heavy (non-hydrogen) atoms. The molecule has 8 nitrogen and oxygen atoms in total. The van der Waals surface area contributed by atoms with E-state index in [-0.39, 0.29) is 36.2 Å². The average molecular weight is 415 g/mol. The molecule has 0 saturated carbocycles. The number of aromatic nitrogens is 1. The lowest BCUT2D eigenvalue weighted by atomic mass is 9.97. The summed E-state index contributed by atoms with van der Waals surface area (Å²) >= 11 is 0. The van der Waals surface area contributed by atoms with Gasteiger partial charge in [0.15, 0.2) is 0 Å². The van der Waals surface area contributed by atoms with E-state index in [0.29, 0.717) is 31.5 Å². The zero-order valence-corrected chi connectivity index (χ0v) is 17.4. The molecule has 3 amide bonds. The first-order valence-corrected chi connectivity index (χ1v) is 10.4. The molecular formula is C22H30N4O4. The van der Waals surface area contributed by atoms with E-state index in [1.54, 1.807) is 6.07 Å². The van der Waals surface area contributed by atoms with Crippen LogP contribution in [-0.4, -0.2) is 53.0 Å². The van der Waals surface area contributed by atoms with Crippen LogP contribution in [0.4, 0.5) is 0 Å². The molecule has 1 saturated heterocycles. The quantitative estimate of drug-likeness (QED) is 0.424. The summed E-state index contributed by atoms with van der Waals surface area (Å²) in [5.74, 6) is -0.800. The maximum absolute atomic E-state index is 12.9. The molecule has 162 valence electrons. The largest absolute Gasteiger partial charge is 0.394 e. The summed E-state index contributed by atoms with van der Waals surface area (Å²) in [4.78, 5) is 40.5. The first kappa shape index (κ1) is 21.8. The smallest absolute Gasteiger partial charge is 0.268 e. The first-order chi connectivity index (χ1) is 14.4. The van der Waals surface area contributed by atoms with Gasteiger partial charge in [-0.15, -0.1) is 0 Å². The summed E-state index contributed by atoms with van der Waals surface area (Å²) in [6, 6.07) is 8.05. The minimum absolute atomic E-state index is 0.0476. The van der Waals surface area contributed by atoms with E-state index in [4.69, 9.17) is 0 Å². The lowest BCUT2D eigenvalue weighted by Gasteiger charge is -2.24. The number of para-hydroxylation sites is 1. The van der Waals surface area contributed by atoms with Gasteiger partial charge in [0.25, 0.3) is 5.91 Å². The van der Waals surface area contributed by atoms with E-state index < -0.39 is 12.1 Å². The molecule has 5 N–H and O–H groups in total. The van der Waals surface area contributed by atoms with Crippen LogP contribution in [-0.2, 0) is 9.59 Å². The van der Waals surface area contributed by atoms with Crippen LogP contribution in [0.1, 0.15) is 43.6 Å². The fraction of sp³-hybridized carbons (Fsp3) is 0.500. The van der Waals surface area contributed by atoms with Crippen molar-refractivity contribution in [3.8, 4) is 0 Å². The molecule has 1 aliphatic rings. The second kappa shape index (κ2) is 9.75. The standard InChI is InChI=1S/C22H30N4O4/c1-13(2)9-18(21(29)24-16(12-27)10-15-7-8-23-20(15)28)26-22(30)19-11-14-5-3-4-6-17(14)25-19/h3-6,11,13,15-16,18,25,27H,7-10,12H2,1-2H3,(H,23,28)(H,24,29)(H,26,30)/t15-,16-,18+/m0/s1. The zero-order valence-electron chi connectivity index (χ0n) is 17.4. The lowest BCUT2D eigenvalue weighted by molar-refractivity contribution is -0.126. The van der Waals surface area contributed by atoms with Crippen molar-refractivity contribution in [1.29, 1.82) is 0 Å². The molecule has 0 unspecified atom stereocenters. The second-order valence-corrected chi connectivity index (χ2v) is 8.33. The van der Waals surface area contributed by atoms with Gasteiger partial charge < -0.3 is 26.0 Å². The van der Waals surface area contributed by atoms with Crippen molar-refractivity contribution in [2.75, 3.05) is 13.2 Å². The minimum atomic E-state index is -0.740. The van der Waals surface area contributed by atoms with Crippen molar-refractivity contribution < 1.29 is 19.5 Å². The first-order valence-electron chi connectivity index (χ1n) is 10.4. The maximum atomic E-state index is 12.9. The number of amides is 3. The summed E-state index contributed by atoms with van der Waals surface area (Å²) in [5, 5.41) is 19.0. The van der Waals surface area contributed by atoms with Crippen molar-refractivity contribution in [3.05, 3.63) is 36.0 Å². The molecule has 2 aromatic rings. The summed E-state index contributed by atoms with van der Waals surface area (Å²) < 4.78 is 0. The van der Waals surface area contributed by atoms with E-state index in [9.17, 15) is 19.5 Å². The van der Waals surface area contributed by atoms with Crippen LogP contribution < -0.4 is 16.0 Å². The summed E-state index contributed by atoms with van der Waals surface area (Å²) in [6.45, 7) is 4.30. The van der Waals surface area contributed by atoms with Crippen molar-refractivity contribution in [2.45, 2.75) is 45.2 Å². The van der Waals surface area contributed by atoms with E-state index in [1.165, 1.54) is 0 Å². The van der Waals surface area contributed by atoms with Gasteiger partial charge in [0.1, 0.15) is 11.7 Å². The maximum Gasteiger partial charge on any atom is 0.268 e. The summed E-state index contributed by atoms with van der Waals surface area (Å²) in [6.07, 6.45) is 1.52. The Hall–Kier alpha value is -2.87. The van der Waals surface area contributed by atoms with Crippen LogP contribution in [0.2, 0.25) is 0 Å². The SMILES string of the molecule is CC(C)C[C@@H](NC(=O)c1cc2ccccc2[nH]1)C(=O)N[C@H](CO)C[C@@H]1CCNC1=O. The number of aliphatic hydroxyl groups is 1. The molecule has 0 radical (unpaired) electrons. The number of benzene rings is 1. The third kappa shape index (κ3) is 5.38. The van der Waals surface area contributed by atoms with E-state index >= 15 is 0 Å². The Morgan fingerprint density at radius 1 is 1.23 bits per heavy atom. The van der Waals surface area contributed by atoms with E-state index in [1.807, 2.05) is 38.1 Å². The Morgan fingerprint density at radius 2 is 2.00 bits per heavy atom. The number of carbonyl (C=O) groups excluding carboxylic acids is 3. The fourth-order valence-electron chi connectivity index (χ4n) is 3.83. The molecule has 1 aromatic heterocycles. The minimum Gasteiger partial charge on any atom is -0.394 e. The van der Waals surface area contributed by atoms with E-state index in [2.05, 4.69) is 20.9 Å². The van der Waals surface area contributed by atoms with Gasteiger partial charge in [-0.05, 0) is 37.3 Å². The number of hydrogen-bond acceptors (Lipinski definition) is 4. The number of rotatable bonds is 9. The van der Waals surface area contributed by atoms with Gasteiger partial charge in [-0.1, -0.05) is 32.0 Å². The molecule has 0 aliphatic carbocycles. The number of aromatic amines is 1. The Labute approximate surface area is 175 Å². The van der Waals surface area contributed by atoms with Gasteiger partial charge >= 0.3 is 0 Å². The molecule has 3 atom stereocenters. The van der Waals surface area contributed by atoms with Gasteiger partial charge in [-0.25, -0.2) is 0 Å². The highest BCUT2D eigenvalue weighted by Gasteiger charge is 2.30. The number of H-pyrrole nitrogens is 1. The van der Waals surface area contributed by atoms with Crippen LogP contribution in [0.3, 0.4) is 0 Å². The molecule has 0 spiro atoms. The Morgan fingerprint density at radius 3 is 2.63 bits per heavy atom. The fourth-order valence-corrected chi connectivity index (χ4v) is 3.83. The second-order valence-electron chi connectivity index (χ2n) is 8.33. The molecule has 1 aliphatic heterocycles. The van der Waals surface area contributed by atoms with Crippen molar-refractivity contribution in [1.82, 2.24) is 20.9 Å². The van der Waals surface area contributed by atoms with Gasteiger partial charge in [0, 0.05) is 23.4 Å². The molecule has 3 rings (SSSR count). The van der Waals surface area contributed by atoms with Gasteiger partial charge in [0.2, 0.25) is 11.8 Å². The Kier molecular flexibility index (Phi) is 7.10. The number of fused-ring (bicyclic) bond motifs is 1.